The molecule has 0 aliphatic carbocycles. The van der Waals surface area contributed by atoms with Crippen LogP contribution in [0.3, 0.4) is 0 Å². The second kappa shape index (κ2) is 4.29. The average molecular weight is 334 g/mol. The van der Waals surface area contributed by atoms with E-state index in [2.05, 4.69) is 9.85 Å². The molecule has 2 aromatic rings. The first kappa shape index (κ1) is 10.6. The lowest BCUT2D eigenvalue weighted by Gasteiger charge is -1.94. The van der Waals surface area contributed by atoms with Crippen LogP contribution in [-0.4, -0.2) is 4.57 Å². The minimum atomic E-state index is -0.411. The van der Waals surface area contributed by atoms with E-state index >= 15 is 0 Å². The molecule has 5 heteroatoms. The SMILES string of the molecule is O=c1oc2ccc(Cl)cc2n1CC#CI. The molecule has 1 aromatic heterocycles. The third-order valence-electron chi connectivity index (χ3n) is 1.93. The standard InChI is InChI=1S/C10H5ClINO2/c11-7-2-3-9-8(6-7)13(5-1-4-12)10(14)15-9/h2-3,6H,5H2. The number of hydrogen-bond donors (Lipinski definition) is 0. The van der Waals surface area contributed by atoms with Crippen molar-refractivity contribution >= 4 is 45.3 Å². The Labute approximate surface area is 104 Å². The quantitative estimate of drug-likeness (QED) is 0.594. The van der Waals surface area contributed by atoms with Gasteiger partial charge in [-0.05, 0) is 22.1 Å². The lowest BCUT2D eigenvalue weighted by atomic mass is 10.3. The summed E-state index contributed by atoms with van der Waals surface area (Å²) in [6.07, 6.45) is 0. The molecule has 1 aromatic carbocycles. The maximum absolute atomic E-state index is 11.4. The molecule has 0 unspecified atom stereocenters. The monoisotopic (exact) mass is 333 g/mol. The number of nitrogens with zero attached hydrogens (tertiary/aromatic N) is 1. The van der Waals surface area contributed by atoms with Gasteiger partial charge in [0.1, 0.15) is 0 Å². The molecule has 15 heavy (non-hydrogen) atoms. The third-order valence-corrected chi connectivity index (χ3v) is 2.55. The Hall–Kier alpha value is -0.930. The Balaban J connectivity index is 2.69. The van der Waals surface area contributed by atoms with Gasteiger partial charge in [0.25, 0.3) is 0 Å². The smallest absolute Gasteiger partial charge is 0.408 e. The molecule has 2 rings (SSSR count). The highest BCUT2D eigenvalue weighted by atomic mass is 127. The van der Waals surface area contributed by atoms with E-state index in [1.807, 2.05) is 22.6 Å². The lowest BCUT2D eigenvalue weighted by Crippen LogP contribution is -2.12. The van der Waals surface area contributed by atoms with Crippen LogP contribution in [0.5, 0.6) is 0 Å². The third kappa shape index (κ3) is 2.03. The van der Waals surface area contributed by atoms with Gasteiger partial charge in [0.05, 0.1) is 12.1 Å². The van der Waals surface area contributed by atoms with Crippen LogP contribution in [0.15, 0.2) is 27.4 Å². The molecule has 1 heterocycles. The minimum absolute atomic E-state index is 0.315. The summed E-state index contributed by atoms with van der Waals surface area (Å²) >= 11 is 7.76. The Morgan fingerprint density at radius 2 is 2.33 bits per heavy atom. The summed E-state index contributed by atoms with van der Waals surface area (Å²) in [5.41, 5.74) is 1.20. The van der Waals surface area contributed by atoms with Crippen molar-refractivity contribution in [3.8, 4) is 9.85 Å². The minimum Gasteiger partial charge on any atom is -0.408 e. The molecule has 0 aliphatic heterocycles. The van der Waals surface area contributed by atoms with Crippen LogP contribution < -0.4 is 5.76 Å². The van der Waals surface area contributed by atoms with Crippen molar-refractivity contribution in [3.63, 3.8) is 0 Å². The molecular formula is C10H5ClINO2. The number of hydrogen-bond acceptors (Lipinski definition) is 2. The van der Waals surface area contributed by atoms with Crippen molar-refractivity contribution in [2.24, 2.45) is 0 Å². The van der Waals surface area contributed by atoms with Gasteiger partial charge in [-0.2, -0.15) is 0 Å². The normalized spacial score (nSPS) is 10.0. The van der Waals surface area contributed by atoms with Gasteiger partial charge < -0.3 is 4.42 Å². The van der Waals surface area contributed by atoms with Gasteiger partial charge in [0, 0.05) is 27.6 Å². The van der Waals surface area contributed by atoms with Gasteiger partial charge in [-0.25, -0.2) is 4.79 Å². The maximum Gasteiger partial charge on any atom is 0.420 e. The van der Waals surface area contributed by atoms with E-state index < -0.39 is 5.76 Å². The van der Waals surface area contributed by atoms with Crippen molar-refractivity contribution in [3.05, 3.63) is 33.8 Å². The summed E-state index contributed by atoms with van der Waals surface area (Å²) in [6, 6.07) is 5.05. The molecule has 0 fully saturated rings. The molecule has 0 saturated heterocycles. The van der Waals surface area contributed by atoms with Crippen LogP contribution in [0, 0.1) is 9.85 Å². The molecule has 0 atom stereocenters. The zero-order chi connectivity index (χ0) is 10.8. The Bertz CT molecular complexity index is 618. The molecule has 0 amide bonds. The van der Waals surface area contributed by atoms with E-state index in [9.17, 15) is 4.79 Å². The average Bonchev–Trinajstić information content (AvgIpc) is 2.51. The van der Waals surface area contributed by atoms with Crippen molar-refractivity contribution in [2.75, 3.05) is 0 Å². The molecule has 0 bridgehead atoms. The van der Waals surface area contributed by atoms with E-state index in [0.29, 0.717) is 22.7 Å². The number of aromatic nitrogens is 1. The first-order valence-electron chi connectivity index (χ1n) is 4.10. The molecule has 3 nitrogen and oxygen atoms in total. The number of benzene rings is 1. The van der Waals surface area contributed by atoms with Gasteiger partial charge in [-0.3, -0.25) is 4.57 Å². The zero-order valence-electron chi connectivity index (χ0n) is 7.46. The number of fused-ring (bicyclic) bond motifs is 1. The van der Waals surface area contributed by atoms with Gasteiger partial charge in [0.15, 0.2) is 5.58 Å². The highest BCUT2D eigenvalue weighted by Gasteiger charge is 2.07. The van der Waals surface area contributed by atoms with Crippen LogP contribution in [0.1, 0.15) is 0 Å². The van der Waals surface area contributed by atoms with Crippen molar-refractivity contribution in [2.45, 2.75) is 6.54 Å². The summed E-state index contributed by atoms with van der Waals surface area (Å²) < 4.78 is 9.18. The van der Waals surface area contributed by atoms with Gasteiger partial charge in [-0.15, -0.1) is 0 Å². The molecular weight excluding hydrogens is 328 g/mol. The molecule has 76 valence electrons. The summed E-state index contributed by atoms with van der Waals surface area (Å²) in [6.45, 7) is 0.315. The number of oxazole rings is 1. The topological polar surface area (TPSA) is 35.1 Å². The van der Waals surface area contributed by atoms with Crippen LogP contribution in [0.2, 0.25) is 5.02 Å². The molecule has 0 aliphatic rings. The van der Waals surface area contributed by atoms with Crippen LogP contribution in [-0.2, 0) is 6.54 Å². The lowest BCUT2D eigenvalue weighted by molar-refractivity contribution is 0.521. The predicted molar refractivity (Wildman–Crippen MR) is 67.3 cm³/mol. The van der Waals surface area contributed by atoms with E-state index in [-0.39, 0.29) is 0 Å². The summed E-state index contributed by atoms with van der Waals surface area (Å²) in [5, 5.41) is 0.569. The van der Waals surface area contributed by atoms with E-state index in [1.54, 1.807) is 18.2 Å². The Morgan fingerprint density at radius 1 is 1.53 bits per heavy atom. The van der Waals surface area contributed by atoms with Crippen LogP contribution in [0.25, 0.3) is 11.1 Å². The number of halogens is 2. The maximum atomic E-state index is 11.4. The fraction of sp³-hybridized carbons (Fsp3) is 0.100. The van der Waals surface area contributed by atoms with Crippen molar-refractivity contribution in [1.29, 1.82) is 0 Å². The van der Waals surface area contributed by atoms with Crippen molar-refractivity contribution in [1.82, 2.24) is 4.57 Å². The first-order chi connectivity index (χ1) is 7.22. The van der Waals surface area contributed by atoms with Crippen LogP contribution in [0.4, 0.5) is 0 Å². The summed E-state index contributed by atoms with van der Waals surface area (Å²) in [4.78, 5) is 11.4. The Kier molecular flexibility index (Phi) is 3.03. The van der Waals surface area contributed by atoms with E-state index in [4.69, 9.17) is 16.0 Å². The van der Waals surface area contributed by atoms with Gasteiger partial charge >= 0.3 is 5.76 Å². The summed E-state index contributed by atoms with van der Waals surface area (Å²) in [5.74, 6) is 2.39. The number of rotatable bonds is 1. The molecule has 0 saturated carbocycles. The highest BCUT2D eigenvalue weighted by Crippen LogP contribution is 2.18. The highest BCUT2D eigenvalue weighted by molar-refractivity contribution is 14.1. The van der Waals surface area contributed by atoms with Gasteiger partial charge in [0.2, 0.25) is 0 Å². The predicted octanol–water partition coefficient (Wildman–Crippen LogP) is 2.64. The zero-order valence-corrected chi connectivity index (χ0v) is 10.4. The Morgan fingerprint density at radius 3 is 3.07 bits per heavy atom. The largest absolute Gasteiger partial charge is 0.420 e. The van der Waals surface area contributed by atoms with Crippen LogP contribution >= 0.6 is 34.2 Å². The fourth-order valence-electron chi connectivity index (χ4n) is 1.29. The second-order valence-corrected chi connectivity index (χ2v) is 3.81. The molecule has 0 N–H and O–H groups in total. The molecule has 0 radical (unpaired) electrons. The van der Waals surface area contributed by atoms with Crippen molar-refractivity contribution < 1.29 is 4.42 Å². The summed E-state index contributed by atoms with van der Waals surface area (Å²) in [7, 11) is 0. The molecule has 0 spiro atoms. The fourth-order valence-corrected chi connectivity index (χ4v) is 1.63. The van der Waals surface area contributed by atoms with Gasteiger partial charge in [-0.1, -0.05) is 17.5 Å². The van der Waals surface area contributed by atoms with E-state index in [1.165, 1.54) is 4.57 Å². The first-order valence-corrected chi connectivity index (χ1v) is 5.55. The van der Waals surface area contributed by atoms with E-state index in [0.717, 1.165) is 0 Å². The second-order valence-electron chi connectivity index (χ2n) is 2.84.